The normalized spacial score (nSPS) is 41.4. The fraction of sp³-hybridized carbons (Fsp3) is 0.875. The summed E-state index contributed by atoms with van der Waals surface area (Å²) < 4.78 is 5.68. The van der Waals surface area contributed by atoms with E-state index in [1.807, 2.05) is 0 Å². The Bertz CT molecular complexity index is 195. The van der Waals surface area contributed by atoms with Gasteiger partial charge >= 0.3 is 0 Å². The monoisotopic (exact) mass is 167 g/mol. The van der Waals surface area contributed by atoms with Gasteiger partial charge in [0.15, 0.2) is 0 Å². The molecular weight excluding hydrogens is 154 g/mol. The van der Waals surface area contributed by atoms with Gasteiger partial charge in [0.2, 0.25) is 0 Å². The van der Waals surface area contributed by atoms with Crippen LogP contribution in [0.3, 0.4) is 0 Å². The molecule has 2 N–H and O–H groups in total. The highest BCUT2D eigenvalue weighted by Gasteiger charge is 2.38. The second-order valence-electron chi connectivity index (χ2n) is 3.48. The molecule has 0 aromatic carbocycles. The van der Waals surface area contributed by atoms with E-state index in [1.54, 1.807) is 0 Å². The van der Waals surface area contributed by atoms with E-state index in [9.17, 15) is 0 Å². The number of morpholine rings is 1. The molecule has 2 atom stereocenters. The van der Waals surface area contributed by atoms with Gasteiger partial charge in [0, 0.05) is 13.1 Å². The molecule has 2 unspecified atom stereocenters. The van der Waals surface area contributed by atoms with Gasteiger partial charge in [-0.2, -0.15) is 5.26 Å². The molecular formula is C8H13N3O. The molecule has 4 heteroatoms. The molecule has 1 spiro atoms. The molecule has 12 heavy (non-hydrogen) atoms. The number of nitrogens with zero attached hydrogens (tertiary/aromatic N) is 1. The van der Waals surface area contributed by atoms with Crippen molar-refractivity contribution >= 4 is 0 Å². The summed E-state index contributed by atoms with van der Waals surface area (Å²) in [6.45, 7) is 3.27. The molecule has 0 bridgehead atoms. The lowest BCUT2D eigenvalue weighted by atomic mass is 10.0. The predicted octanol–water partition coefficient (Wildman–Crippen LogP) is -0.770. The number of hydrogen-bond acceptors (Lipinski definition) is 4. The summed E-state index contributed by atoms with van der Waals surface area (Å²) in [5.74, 6) is 0. The first kappa shape index (κ1) is 7.99. The van der Waals surface area contributed by atoms with Gasteiger partial charge in [-0.25, -0.2) is 0 Å². The number of nitrogens with one attached hydrogen (secondary N) is 2. The van der Waals surface area contributed by atoms with Crippen LogP contribution in [0.4, 0.5) is 0 Å². The molecule has 0 aliphatic carbocycles. The zero-order chi connectivity index (χ0) is 8.44. The van der Waals surface area contributed by atoms with Gasteiger partial charge in [0.25, 0.3) is 0 Å². The van der Waals surface area contributed by atoms with Gasteiger partial charge in [-0.05, 0) is 13.0 Å². The highest BCUT2D eigenvalue weighted by atomic mass is 16.5. The minimum atomic E-state index is -0.115. The fourth-order valence-electron chi connectivity index (χ4n) is 1.76. The Morgan fingerprint density at radius 1 is 1.50 bits per heavy atom. The molecule has 2 rings (SSSR count). The van der Waals surface area contributed by atoms with E-state index in [0.717, 1.165) is 26.1 Å². The molecule has 2 fully saturated rings. The number of rotatable bonds is 0. The summed E-state index contributed by atoms with van der Waals surface area (Å²) in [6, 6.07) is 2.04. The van der Waals surface area contributed by atoms with Gasteiger partial charge in [-0.1, -0.05) is 0 Å². The van der Waals surface area contributed by atoms with Crippen LogP contribution in [-0.4, -0.2) is 37.9 Å². The molecule has 0 radical (unpaired) electrons. The average molecular weight is 167 g/mol. The lowest BCUT2D eigenvalue weighted by Crippen LogP contribution is -2.55. The third-order valence-electron chi connectivity index (χ3n) is 2.59. The summed E-state index contributed by atoms with van der Waals surface area (Å²) in [6.07, 6.45) is 1.05. The Morgan fingerprint density at radius 3 is 2.92 bits per heavy atom. The van der Waals surface area contributed by atoms with Gasteiger partial charge < -0.3 is 10.1 Å². The van der Waals surface area contributed by atoms with Crippen molar-refractivity contribution in [2.24, 2.45) is 0 Å². The van der Waals surface area contributed by atoms with E-state index < -0.39 is 0 Å². The first-order valence-electron chi connectivity index (χ1n) is 4.32. The maximum atomic E-state index is 8.61. The lowest BCUT2D eigenvalue weighted by molar-refractivity contribution is -0.0610. The number of ether oxygens (including phenoxy) is 1. The van der Waals surface area contributed by atoms with E-state index in [0.29, 0.717) is 6.61 Å². The van der Waals surface area contributed by atoms with Crippen molar-refractivity contribution in [1.82, 2.24) is 10.6 Å². The van der Waals surface area contributed by atoms with Crippen molar-refractivity contribution in [3.05, 3.63) is 0 Å². The second kappa shape index (κ2) is 3.02. The molecule has 0 aromatic rings. The number of nitriles is 1. The van der Waals surface area contributed by atoms with Gasteiger partial charge in [-0.3, -0.25) is 5.32 Å². The summed E-state index contributed by atoms with van der Waals surface area (Å²) in [5, 5.41) is 15.1. The van der Waals surface area contributed by atoms with E-state index in [-0.39, 0.29) is 11.6 Å². The SMILES string of the molecule is N#CC1COC2(CCNC2)CN1. The second-order valence-corrected chi connectivity index (χ2v) is 3.48. The van der Waals surface area contributed by atoms with Crippen LogP contribution in [0, 0.1) is 11.3 Å². The van der Waals surface area contributed by atoms with Crippen LogP contribution in [0.5, 0.6) is 0 Å². The first-order valence-corrected chi connectivity index (χ1v) is 4.32. The van der Waals surface area contributed by atoms with Crippen molar-refractivity contribution in [3.63, 3.8) is 0 Å². The molecule has 4 nitrogen and oxygen atoms in total. The fourth-order valence-corrected chi connectivity index (χ4v) is 1.76. The minimum absolute atomic E-state index is 0.0205. The Labute approximate surface area is 71.9 Å². The number of hydrogen-bond donors (Lipinski definition) is 2. The predicted molar refractivity (Wildman–Crippen MR) is 43.6 cm³/mol. The van der Waals surface area contributed by atoms with Crippen molar-refractivity contribution in [3.8, 4) is 6.07 Å². The lowest BCUT2D eigenvalue weighted by Gasteiger charge is -2.35. The highest BCUT2D eigenvalue weighted by Crippen LogP contribution is 2.21. The van der Waals surface area contributed by atoms with Crippen LogP contribution < -0.4 is 10.6 Å². The first-order chi connectivity index (χ1) is 5.85. The zero-order valence-electron chi connectivity index (χ0n) is 6.97. The van der Waals surface area contributed by atoms with Gasteiger partial charge in [0.1, 0.15) is 6.04 Å². The van der Waals surface area contributed by atoms with Gasteiger partial charge in [0.05, 0.1) is 18.3 Å². The summed E-state index contributed by atoms with van der Waals surface area (Å²) >= 11 is 0. The van der Waals surface area contributed by atoms with Crippen LogP contribution in [0.25, 0.3) is 0 Å². The van der Waals surface area contributed by atoms with Crippen LogP contribution in [0.1, 0.15) is 6.42 Å². The van der Waals surface area contributed by atoms with Crippen LogP contribution >= 0.6 is 0 Å². The molecule has 0 saturated carbocycles. The molecule has 66 valence electrons. The molecule has 2 aliphatic heterocycles. The quantitative estimate of drug-likeness (QED) is 0.497. The highest BCUT2D eigenvalue weighted by molar-refractivity contribution is 5.01. The van der Waals surface area contributed by atoms with Crippen LogP contribution in [-0.2, 0) is 4.74 Å². The van der Waals surface area contributed by atoms with E-state index in [4.69, 9.17) is 10.00 Å². The summed E-state index contributed by atoms with van der Waals surface area (Å²) in [7, 11) is 0. The summed E-state index contributed by atoms with van der Waals surface area (Å²) in [5.41, 5.74) is -0.0205. The Morgan fingerprint density at radius 2 is 2.42 bits per heavy atom. The van der Waals surface area contributed by atoms with Crippen molar-refractivity contribution in [1.29, 1.82) is 5.26 Å². The summed E-state index contributed by atoms with van der Waals surface area (Å²) in [4.78, 5) is 0. The van der Waals surface area contributed by atoms with E-state index in [1.165, 1.54) is 0 Å². The Hall–Kier alpha value is -0.630. The van der Waals surface area contributed by atoms with E-state index in [2.05, 4.69) is 16.7 Å². The third-order valence-corrected chi connectivity index (χ3v) is 2.59. The average Bonchev–Trinajstić information content (AvgIpc) is 2.55. The van der Waals surface area contributed by atoms with Crippen LogP contribution in [0.15, 0.2) is 0 Å². The molecule has 2 saturated heterocycles. The molecule has 0 aromatic heterocycles. The molecule has 0 amide bonds. The van der Waals surface area contributed by atoms with Crippen molar-refractivity contribution in [2.75, 3.05) is 26.2 Å². The van der Waals surface area contributed by atoms with Crippen LogP contribution in [0.2, 0.25) is 0 Å². The Balaban J connectivity index is 1.93. The maximum absolute atomic E-state index is 8.61. The van der Waals surface area contributed by atoms with Crippen molar-refractivity contribution < 1.29 is 4.74 Å². The maximum Gasteiger partial charge on any atom is 0.119 e. The molecule has 2 aliphatic rings. The van der Waals surface area contributed by atoms with Crippen molar-refractivity contribution in [2.45, 2.75) is 18.1 Å². The smallest absolute Gasteiger partial charge is 0.119 e. The topological polar surface area (TPSA) is 57.1 Å². The largest absolute Gasteiger partial charge is 0.370 e. The standard InChI is InChI=1S/C8H13N3O/c9-3-7-4-12-8(6-11-7)1-2-10-5-8/h7,10-11H,1-2,4-6H2. The van der Waals surface area contributed by atoms with Gasteiger partial charge in [-0.15, -0.1) is 0 Å². The zero-order valence-corrected chi connectivity index (χ0v) is 6.97. The third kappa shape index (κ3) is 1.31. The Kier molecular flexibility index (Phi) is 2.01. The minimum Gasteiger partial charge on any atom is -0.370 e. The molecule has 2 heterocycles. The van der Waals surface area contributed by atoms with E-state index >= 15 is 0 Å².